The first-order valence-electron chi connectivity index (χ1n) is 5.87. The molecule has 1 aromatic carbocycles. The number of ether oxygens (including phenoxy) is 2. The van der Waals surface area contributed by atoms with E-state index in [2.05, 4.69) is 9.97 Å². The standard InChI is InChI=1S/C13H12FN3O2/c14-12-8(5-15)16-7-17-13(12)11-6-18-9-3-1-2-4-10(9)19-11/h1-4,7,11H,5-6,15H2. The first kappa shape index (κ1) is 11.9. The minimum Gasteiger partial charge on any atom is -0.485 e. The largest absolute Gasteiger partial charge is 0.485 e. The van der Waals surface area contributed by atoms with E-state index < -0.39 is 11.9 Å². The highest BCUT2D eigenvalue weighted by Crippen LogP contribution is 2.35. The van der Waals surface area contributed by atoms with E-state index in [4.69, 9.17) is 15.2 Å². The van der Waals surface area contributed by atoms with Crippen LogP contribution < -0.4 is 15.2 Å². The van der Waals surface area contributed by atoms with Crippen LogP contribution in [0.4, 0.5) is 4.39 Å². The predicted molar refractivity (Wildman–Crippen MR) is 65.2 cm³/mol. The summed E-state index contributed by atoms with van der Waals surface area (Å²) in [5, 5.41) is 0. The monoisotopic (exact) mass is 261 g/mol. The second kappa shape index (κ2) is 4.81. The SMILES string of the molecule is NCc1ncnc(C2COc3ccccc3O2)c1F. The Kier molecular flexibility index (Phi) is 3.00. The Morgan fingerprint density at radius 2 is 2.05 bits per heavy atom. The third-order valence-corrected chi connectivity index (χ3v) is 2.90. The van der Waals surface area contributed by atoms with Crippen molar-refractivity contribution in [3.8, 4) is 11.5 Å². The lowest BCUT2D eigenvalue weighted by molar-refractivity contribution is 0.0850. The van der Waals surface area contributed by atoms with Crippen LogP contribution in [0.2, 0.25) is 0 Å². The first-order chi connectivity index (χ1) is 9.29. The van der Waals surface area contributed by atoms with E-state index in [-0.39, 0.29) is 24.5 Å². The molecule has 1 aliphatic heterocycles. The molecule has 0 radical (unpaired) electrons. The molecule has 1 aliphatic rings. The fourth-order valence-corrected chi connectivity index (χ4v) is 1.94. The fourth-order valence-electron chi connectivity index (χ4n) is 1.94. The molecule has 2 aromatic rings. The Morgan fingerprint density at radius 1 is 1.26 bits per heavy atom. The van der Waals surface area contributed by atoms with Gasteiger partial charge in [-0.15, -0.1) is 0 Å². The molecule has 5 nitrogen and oxygen atoms in total. The number of rotatable bonds is 2. The van der Waals surface area contributed by atoms with Crippen molar-refractivity contribution in [1.29, 1.82) is 0 Å². The summed E-state index contributed by atoms with van der Waals surface area (Å²) in [5.41, 5.74) is 5.77. The molecular weight excluding hydrogens is 249 g/mol. The zero-order chi connectivity index (χ0) is 13.2. The van der Waals surface area contributed by atoms with E-state index in [1.54, 1.807) is 12.1 Å². The molecule has 98 valence electrons. The number of para-hydroxylation sites is 2. The van der Waals surface area contributed by atoms with Gasteiger partial charge >= 0.3 is 0 Å². The molecular formula is C13H12FN3O2. The van der Waals surface area contributed by atoms with E-state index >= 15 is 0 Å². The van der Waals surface area contributed by atoms with Crippen molar-refractivity contribution in [3.63, 3.8) is 0 Å². The Morgan fingerprint density at radius 3 is 2.84 bits per heavy atom. The second-order valence-corrected chi connectivity index (χ2v) is 4.09. The lowest BCUT2D eigenvalue weighted by atomic mass is 10.2. The molecule has 1 aromatic heterocycles. The number of benzene rings is 1. The number of halogens is 1. The molecule has 1 atom stereocenters. The highest BCUT2D eigenvalue weighted by molar-refractivity contribution is 5.41. The molecule has 3 rings (SSSR count). The predicted octanol–water partition coefficient (Wildman–Crippen LogP) is 1.59. The van der Waals surface area contributed by atoms with Crippen molar-refractivity contribution in [2.24, 2.45) is 5.73 Å². The normalized spacial score (nSPS) is 17.3. The van der Waals surface area contributed by atoms with Gasteiger partial charge in [-0.05, 0) is 12.1 Å². The molecule has 0 spiro atoms. The summed E-state index contributed by atoms with van der Waals surface area (Å²) < 4.78 is 25.3. The van der Waals surface area contributed by atoms with Gasteiger partial charge in [0.2, 0.25) is 0 Å². The topological polar surface area (TPSA) is 70.3 Å². The lowest BCUT2D eigenvalue weighted by Gasteiger charge is -2.26. The Hall–Kier alpha value is -2.21. The van der Waals surface area contributed by atoms with Crippen LogP contribution in [-0.4, -0.2) is 16.6 Å². The van der Waals surface area contributed by atoms with E-state index in [0.29, 0.717) is 11.5 Å². The fraction of sp³-hybridized carbons (Fsp3) is 0.231. The first-order valence-corrected chi connectivity index (χ1v) is 5.87. The molecule has 6 heteroatoms. The maximum Gasteiger partial charge on any atom is 0.178 e. The number of hydrogen-bond acceptors (Lipinski definition) is 5. The summed E-state index contributed by atoms with van der Waals surface area (Å²) in [6.07, 6.45) is 0.688. The van der Waals surface area contributed by atoms with Crippen molar-refractivity contribution in [2.45, 2.75) is 12.6 Å². The number of nitrogens with zero attached hydrogens (tertiary/aromatic N) is 2. The van der Waals surface area contributed by atoms with Crippen molar-refractivity contribution < 1.29 is 13.9 Å². The maximum atomic E-state index is 14.1. The zero-order valence-electron chi connectivity index (χ0n) is 10.0. The molecule has 19 heavy (non-hydrogen) atoms. The van der Waals surface area contributed by atoms with Crippen LogP contribution in [-0.2, 0) is 6.54 Å². The summed E-state index contributed by atoms with van der Waals surface area (Å²) in [6.45, 7) is 0.223. The number of aromatic nitrogens is 2. The van der Waals surface area contributed by atoms with Crippen LogP contribution in [0.1, 0.15) is 17.5 Å². The minimum atomic E-state index is -0.594. The van der Waals surface area contributed by atoms with Gasteiger partial charge in [0.15, 0.2) is 23.4 Å². The van der Waals surface area contributed by atoms with Crippen molar-refractivity contribution >= 4 is 0 Å². The van der Waals surface area contributed by atoms with E-state index in [1.165, 1.54) is 6.33 Å². The van der Waals surface area contributed by atoms with Gasteiger partial charge < -0.3 is 15.2 Å². The molecule has 2 N–H and O–H groups in total. The summed E-state index contributed by atoms with van der Waals surface area (Å²) >= 11 is 0. The molecule has 0 bridgehead atoms. The molecule has 0 saturated heterocycles. The summed E-state index contributed by atoms with van der Waals surface area (Å²) in [4.78, 5) is 7.73. The quantitative estimate of drug-likeness (QED) is 0.888. The second-order valence-electron chi connectivity index (χ2n) is 4.09. The van der Waals surface area contributed by atoms with Gasteiger partial charge in [0, 0.05) is 6.54 Å². The summed E-state index contributed by atoms with van der Waals surface area (Å²) in [5.74, 6) is 0.691. The third-order valence-electron chi connectivity index (χ3n) is 2.90. The lowest BCUT2D eigenvalue weighted by Crippen LogP contribution is -2.24. The van der Waals surface area contributed by atoms with Crippen LogP contribution in [0.25, 0.3) is 0 Å². The third kappa shape index (κ3) is 2.10. The molecule has 0 amide bonds. The summed E-state index contributed by atoms with van der Waals surface area (Å²) in [7, 11) is 0. The van der Waals surface area contributed by atoms with Gasteiger partial charge in [0.05, 0.1) is 5.69 Å². The van der Waals surface area contributed by atoms with Gasteiger partial charge in [-0.1, -0.05) is 12.1 Å². The number of fused-ring (bicyclic) bond motifs is 1. The van der Waals surface area contributed by atoms with Gasteiger partial charge in [0.25, 0.3) is 0 Å². The van der Waals surface area contributed by atoms with Gasteiger partial charge in [-0.2, -0.15) is 0 Å². The number of nitrogens with two attached hydrogens (primary N) is 1. The Bertz CT molecular complexity index is 606. The molecule has 0 saturated carbocycles. The van der Waals surface area contributed by atoms with Crippen LogP contribution in [0, 0.1) is 5.82 Å². The Balaban J connectivity index is 1.93. The van der Waals surface area contributed by atoms with Gasteiger partial charge in [-0.25, -0.2) is 14.4 Å². The molecule has 2 heterocycles. The zero-order valence-corrected chi connectivity index (χ0v) is 10.0. The van der Waals surface area contributed by atoms with Crippen molar-refractivity contribution in [1.82, 2.24) is 9.97 Å². The van der Waals surface area contributed by atoms with E-state index in [1.807, 2.05) is 12.1 Å². The average Bonchev–Trinajstić information content (AvgIpc) is 2.47. The van der Waals surface area contributed by atoms with E-state index in [9.17, 15) is 4.39 Å². The van der Waals surface area contributed by atoms with Crippen molar-refractivity contribution in [2.75, 3.05) is 6.61 Å². The van der Waals surface area contributed by atoms with Crippen LogP contribution in [0.5, 0.6) is 11.5 Å². The number of hydrogen-bond donors (Lipinski definition) is 1. The van der Waals surface area contributed by atoms with Crippen LogP contribution >= 0.6 is 0 Å². The average molecular weight is 261 g/mol. The summed E-state index contributed by atoms with van der Waals surface area (Å²) in [6, 6.07) is 7.24. The van der Waals surface area contributed by atoms with Crippen molar-refractivity contribution in [3.05, 3.63) is 47.8 Å². The highest BCUT2D eigenvalue weighted by Gasteiger charge is 2.27. The van der Waals surface area contributed by atoms with Gasteiger partial charge in [0.1, 0.15) is 18.6 Å². The molecule has 0 aliphatic carbocycles. The minimum absolute atomic E-state index is 0.0194. The van der Waals surface area contributed by atoms with Gasteiger partial charge in [-0.3, -0.25) is 0 Å². The molecule has 1 unspecified atom stereocenters. The molecule has 0 fully saturated rings. The van der Waals surface area contributed by atoms with E-state index in [0.717, 1.165) is 0 Å². The highest BCUT2D eigenvalue weighted by atomic mass is 19.1. The van der Waals surface area contributed by atoms with Crippen LogP contribution in [0.15, 0.2) is 30.6 Å². The maximum absolute atomic E-state index is 14.1. The van der Waals surface area contributed by atoms with Crippen LogP contribution in [0.3, 0.4) is 0 Å². The smallest absolute Gasteiger partial charge is 0.178 e. The Labute approximate surface area is 109 Å².